The Morgan fingerprint density at radius 2 is 2.12 bits per heavy atom. The molecule has 1 aromatic heterocycles. The Hall–Kier alpha value is -0.870. The first kappa shape index (κ1) is 14.2. The molecule has 0 spiro atoms. The first-order valence-corrected chi connectivity index (χ1v) is 5.99. The Bertz CT molecular complexity index is 339. The van der Waals surface area contributed by atoms with E-state index in [9.17, 15) is 0 Å². The van der Waals surface area contributed by atoms with Gasteiger partial charge in [-0.3, -0.25) is 4.98 Å². The summed E-state index contributed by atoms with van der Waals surface area (Å²) in [6, 6.07) is 0.597. The van der Waals surface area contributed by atoms with Crippen molar-refractivity contribution in [2.45, 2.75) is 32.2 Å². The number of piperidine rings is 1. The van der Waals surface area contributed by atoms with Gasteiger partial charge in [-0.2, -0.15) is 0 Å². The van der Waals surface area contributed by atoms with Crippen molar-refractivity contribution in [1.29, 1.82) is 0 Å². The molecule has 96 valence electrons. The van der Waals surface area contributed by atoms with E-state index < -0.39 is 0 Å². The van der Waals surface area contributed by atoms with E-state index in [1.165, 1.54) is 19.3 Å². The first-order chi connectivity index (χ1) is 7.77. The van der Waals surface area contributed by atoms with Crippen molar-refractivity contribution in [3.8, 4) is 0 Å². The normalized spacial score (nSPS) is 19.5. The van der Waals surface area contributed by atoms with E-state index >= 15 is 0 Å². The summed E-state index contributed by atoms with van der Waals surface area (Å²) < 4.78 is 0. The van der Waals surface area contributed by atoms with Gasteiger partial charge in [-0.1, -0.05) is 6.42 Å². The standard InChI is InChI=1S/C12H20N4.ClH/c1-10-12(15-8-7-13-10)16(2)9-11-5-3-4-6-14-11;/h7-8,11,14H,3-6,9H2,1-2H3;1H. The fourth-order valence-corrected chi connectivity index (χ4v) is 2.27. The Labute approximate surface area is 109 Å². The van der Waals surface area contributed by atoms with Crippen LogP contribution in [-0.4, -0.2) is 36.1 Å². The number of rotatable bonds is 3. The number of nitrogens with one attached hydrogen (secondary N) is 1. The molecule has 2 rings (SSSR count). The molecular formula is C12H21ClN4. The van der Waals surface area contributed by atoms with Gasteiger partial charge in [0.2, 0.25) is 0 Å². The number of nitrogens with zero attached hydrogens (tertiary/aromatic N) is 3. The molecule has 1 N–H and O–H groups in total. The second-order valence-corrected chi connectivity index (χ2v) is 4.49. The molecule has 1 aliphatic heterocycles. The van der Waals surface area contributed by atoms with Crippen LogP contribution in [0, 0.1) is 6.92 Å². The topological polar surface area (TPSA) is 41.1 Å². The second kappa shape index (κ2) is 6.77. The maximum Gasteiger partial charge on any atom is 0.149 e. The van der Waals surface area contributed by atoms with Gasteiger partial charge in [0, 0.05) is 32.0 Å². The summed E-state index contributed by atoms with van der Waals surface area (Å²) in [7, 11) is 2.09. The Morgan fingerprint density at radius 1 is 1.35 bits per heavy atom. The highest BCUT2D eigenvalue weighted by Gasteiger charge is 2.16. The van der Waals surface area contributed by atoms with Crippen molar-refractivity contribution in [1.82, 2.24) is 15.3 Å². The van der Waals surface area contributed by atoms with Crippen LogP contribution in [0.1, 0.15) is 25.0 Å². The molecule has 1 fully saturated rings. The summed E-state index contributed by atoms with van der Waals surface area (Å²) in [4.78, 5) is 10.8. The van der Waals surface area contributed by atoms with E-state index in [0.29, 0.717) is 6.04 Å². The highest BCUT2D eigenvalue weighted by atomic mass is 35.5. The third-order valence-electron chi connectivity index (χ3n) is 3.12. The van der Waals surface area contributed by atoms with Crippen LogP contribution in [0.2, 0.25) is 0 Å². The van der Waals surface area contributed by atoms with E-state index in [1.54, 1.807) is 12.4 Å². The molecule has 1 atom stereocenters. The van der Waals surface area contributed by atoms with Crippen molar-refractivity contribution < 1.29 is 0 Å². The lowest BCUT2D eigenvalue weighted by molar-refractivity contribution is 0.402. The molecule has 1 aromatic rings. The SMILES string of the molecule is Cc1nccnc1N(C)CC1CCCCN1.Cl. The minimum absolute atomic E-state index is 0. The summed E-state index contributed by atoms with van der Waals surface area (Å²) in [5.74, 6) is 0.995. The van der Waals surface area contributed by atoms with Gasteiger partial charge in [0.15, 0.2) is 0 Å². The van der Waals surface area contributed by atoms with Crippen LogP contribution in [0.25, 0.3) is 0 Å². The zero-order chi connectivity index (χ0) is 11.4. The number of likely N-dealkylation sites (N-methyl/N-ethyl adjacent to an activating group) is 1. The average molecular weight is 257 g/mol. The molecule has 0 amide bonds. The molecule has 1 unspecified atom stereocenters. The maximum atomic E-state index is 4.38. The maximum absolute atomic E-state index is 4.38. The predicted molar refractivity (Wildman–Crippen MR) is 72.9 cm³/mol. The van der Waals surface area contributed by atoms with Crippen molar-refractivity contribution >= 4 is 18.2 Å². The fraction of sp³-hybridized carbons (Fsp3) is 0.667. The summed E-state index contributed by atoms with van der Waals surface area (Å²) in [6.45, 7) is 4.17. The molecule has 0 bridgehead atoms. The highest BCUT2D eigenvalue weighted by molar-refractivity contribution is 5.85. The van der Waals surface area contributed by atoms with Crippen LogP contribution in [0.4, 0.5) is 5.82 Å². The van der Waals surface area contributed by atoms with Crippen molar-refractivity contribution in [3.05, 3.63) is 18.1 Å². The van der Waals surface area contributed by atoms with Crippen molar-refractivity contribution in [2.75, 3.05) is 25.0 Å². The van der Waals surface area contributed by atoms with Crippen LogP contribution in [-0.2, 0) is 0 Å². The third-order valence-corrected chi connectivity index (χ3v) is 3.12. The van der Waals surface area contributed by atoms with Crippen LogP contribution < -0.4 is 10.2 Å². The lowest BCUT2D eigenvalue weighted by atomic mass is 10.0. The zero-order valence-corrected chi connectivity index (χ0v) is 11.3. The van der Waals surface area contributed by atoms with Gasteiger partial charge >= 0.3 is 0 Å². The molecule has 17 heavy (non-hydrogen) atoms. The largest absolute Gasteiger partial charge is 0.357 e. The molecule has 5 heteroatoms. The van der Waals surface area contributed by atoms with Gasteiger partial charge in [-0.05, 0) is 26.3 Å². The molecule has 0 saturated carbocycles. The molecule has 1 aliphatic rings. The number of halogens is 1. The van der Waals surface area contributed by atoms with Crippen molar-refractivity contribution in [3.63, 3.8) is 0 Å². The third kappa shape index (κ3) is 3.82. The van der Waals surface area contributed by atoms with Gasteiger partial charge in [0.25, 0.3) is 0 Å². The van der Waals surface area contributed by atoms with Gasteiger partial charge in [-0.25, -0.2) is 4.98 Å². The lowest BCUT2D eigenvalue weighted by Crippen LogP contribution is -2.42. The molecular weight excluding hydrogens is 236 g/mol. The van der Waals surface area contributed by atoms with E-state index in [4.69, 9.17) is 0 Å². The zero-order valence-electron chi connectivity index (χ0n) is 10.5. The van der Waals surface area contributed by atoms with Crippen LogP contribution >= 0.6 is 12.4 Å². The Balaban J connectivity index is 0.00000144. The van der Waals surface area contributed by atoms with Gasteiger partial charge < -0.3 is 10.2 Å². The fourth-order valence-electron chi connectivity index (χ4n) is 2.27. The molecule has 1 saturated heterocycles. The van der Waals surface area contributed by atoms with E-state index in [2.05, 4.69) is 27.2 Å². The monoisotopic (exact) mass is 256 g/mol. The Morgan fingerprint density at radius 3 is 2.76 bits per heavy atom. The number of aryl methyl sites for hydroxylation is 1. The van der Waals surface area contributed by atoms with E-state index in [-0.39, 0.29) is 12.4 Å². The summed E-state index contributed by atoms with van der Waals surface area (Å²) in [6.07, 6.45) is 7.41. The lowest BCUT2D eigenvalue weighted by Gasteiger charge is -2.29. The number of aromatic nitrogens is 2. The number of hydrogen-bond donors (Lipinski definition) is 1. The first-order valence-electron chi connectivity index (χ1n) is 5.99. The smallest absolute Gasteiger partial charge is 0.149 e. The molecule has 0 radical (unpaired) electrons. The average Bonchev–Trinajstić information content (AvgIpc) is 2.31. The summed E-state index contributed by atoms with van der Waals surface area (Å²) >= 11 is 0. The molecule has 2 heterocycles. The van der Waals surface area contributed by atoms with E-state index in [0.717, 1.165) is 24.6 Å². The minimum Gasteiger partial charge on any atom is -0.357 e. The van der Waals surface area contributed by atoms with E-state index in [1.807, 2.05) is 6.92 Å². The van der Waals surface area contributed by atoms with Crippen LogP contribution in [0.3, 0.4) is 0 Å². The van der Waals surface area contributed by atoms with Crippen LogP contribution in [0.15, 0.2) is 12.4 Å². The molecule has 4 nitrogen and oxygen atoms in total. The van der Waals surface area contributed by atoms with Crippen molar-refractivity contribution in [2.24, 2.45) is 0 Å². The second-order valence-electron chi connectivity index (χ2n) is 4.49. The Kier molecular flexibility index (Phi) is 5.65. The molecule has 0 aliphatic carbocycles. The highest BCUT2D eigenvalue weighted by Crippen LogP contribution is 2.14. The molecule has 0 aromatic carbocycles. The van der Waals surface area contributed by atoms with Gasteiger partial charge in [0.1, 0.15) is 5.82 Å². The minimum atomic E-state index is 0. The van der Waals surface area contributed by atoms with Gasteiger partial charge in [-0.15, -0.1) is 12.4 Å². The number of hydrogen-bond acceptors (Lipinski definition) is 4. The predicted octanol–water partition coefficient (Wildman–Crippen LogP) is 1.79. The quantitative estimate of drug-likeness (QED) is 0.895. The summed E-state index contributed by atoms with van der Waals surface area (Å²) in [5.41, 5.74) is 1.00. The summed E-state index contributed by atoms with van der Waals surface area (Å²) in [5, 5.41) is 3.55. The van der Waals surface area contributed by atoms with Gasteiger partial charge in [0.05, 0.1) is 5.69 Å². The van der Waals surface area contributed by atoms with Crippen LogP contribution in [0.5, 0.6) is 0 Å². The number of anilines is 1.